The Balaban J connectivity index is 1.71. The van der Waals surface area contributed by atoms with E-state index >= 15 is 0 Å². The standard InChI is InChI=1S/C15H21NO2/c1-9(17)18-8-14(7-16)15-12-3-10-2-11(5-12)6-13(15)4-10/h10-15H,2-6,8H2,1H3. The Morgan fingerprint density at radius 2 is 1.78 bits per heavy atom. The van der Waals surface area contributed by atoms with Gasteiger partial charge in [0.1, 0.15) is 6.61 Å². The zero-order valence-corrected chi connectivity index (χ0v) is 11.0. The number of ether oxygens (including phenoxy) is 1. The zero-order valence-electron chi connectivity index (χ0n) is 11.0. The Labute approximate surface area is 108 Å². The fourth-order valence-electron chi connectivity index (χ4n) is 5.07. The van der Waals surface area contributed by atoms with Gasteiger partial charge >= 0.3 is 5.97 Å². The highest BCUT2D eigenvalue weighted by Gasteiger charge is 2.50. The number of nitrogens with zero attached hydrogens (tertiary/aromatic N) is 1. The first kappa shape index (κ1) is 12.0. The van der Waals surface area contributed by atoms with Gasteiger partial charge in [-0.05, 0) is 61.7 Å². The van der Waals surface area contributed by atoms with E-state index in [0.29, 0.717) is 12.5 Å². The van der Waals surface area contributed by atoms with Crippen molar-refractivity contribution in [1.29, 1.82) is 5.26 Å². The van der Waals surface area contributed by atoms with Gasteiger partial charge in [0.15, 0.2) is 0 Å². The molecule has 3 heteroatoms. The molecule has 4 bridgehead atoms. The second-order valence-corrected chi connectivity index (χ2v) is 6.55. The van der Waals surface area contributed by atoms with E-state index in [4.69, 9.17) is 4.74 Å². The molecule has 4 rings (SSSR count). The maximum absolute atomic E-state index is 10.9. The van der Waals surface area contributed by atoms with E-state index in [9.17, 15) is 10.1 Å². The van der Waals surface area contributed by atoms with Gasteiger partial charge in [0.25, 0.3) is 0 Å². The maximum Gasteiger partial charge on any atom is 0.302 e. The summed E-state index contributed by atoms with van der Waals surface area (Å²) < 4.78 is 5.09. The van der Waals surface area contributed by atoms with Gasteiger partial charge in [-0.3, -0.25) is 4.79 Å². The monoisotopic (exact) mass is 247 g/mol. The van der Waals surface area contributed by atoms with Crippen LogP contribution in [-0.2, 0) is 9.53 Å². The molecule has 3 nitrogen and oxygen atoms in total. The summed E-state index contributed by atoms with van der Waals surface area (Å²) in [6.07, 6.45) is 6.69. The molecule has 0 aromatic rings. The molecule has 1 unspecified atom stereocenters. The molecule has 1 atom stereocenters. The van der Waals surface area contributed by atoms with Gasteiger partial charge in [0, 0.05) is 6.92 Å². The molecule has 4 aliphatic rings. The van der Waals surface area contributed by atoms with Gasteiger partial charge < -0.3 is 4.74 Å². The fourth-order valence-corrected chi connectivity index (χ4v) is 5.07. The highest BCUT2D eigenvalue weighted by atomic mass is 16.5. The summed E-state index contributed by atoms with van der Waals surface area (Å²) in [4.78, 5) is 10.9. The number of hydrogen-bond acceptors (Lipinski definition) is 3. The predicted molar refractivity (Wildman–Crippen MR) is 66.3 cm³/mol. The molecular formula is C15H21NO2. The summed E-state index contributed by atoms with van der Waals surface area (Å²) in [5.41, 5.74) is 0. The summed E-state index contributed by atoms with van der Waals surface area (Å²) in [6, 6.07) is 2.41. The van der Waals surface area contributed by atoms with Crippen LogP contribution in [0.3, 0.4) is 0 Å². The molecule has 0 heterocycles. The van der Waals surface area contributed by atoms with Crippen LogP contribution in [0.25, 0.3) is 0 Å². The van der Waals surface area contributed by atoms with Gasteiger partial charge in [-0.15, -0.1) is 0 Å². The van der Waals surface area contributed by atoms with Crippen LogP contribution >= 0.6 is 0 Å². The third-order valence-electron chi connectivity index (χ3n) is 5.40. The van der Waals surface area contributed by atoms with E-state index in [2.05, 4.69) is 6.07 Å². The number of nitriles is 1. The molecule has 4 fully saturated rings. The van der Waals surface area contributed by atoms with Crippen molar-refractivity contribution in [1.82, 2.24) is 0 Å². The Morgan fingerprint density at radius 3 is 2.22 bits per heavy atom. The van der Waals surface area contributed by atoms with Crippen LogP contribution in [-0.4, -0.2) is 12.6 Å². The summed E-state index contributed by atoms with van der Waals surface area (Å²) in [5.74, 6) is 3.45. The van der Waals surface area contributed by atoms with Crippen molar-refractivity contribution in [2.24, 2.45) is 35.5 Å². The lowest BCUT2D eigenvalue weighted by atomic mass is 9.50. The lowest BCUT2D eigenvalue weighted by Crippen LogP contribution is -2.48. The molecular weight excluding hydrogens is 226 g/mol. The molecule has 18 heavy (non-hydrogen) atoms. The van der Waals surface area contributed by atoms with E-state index in [1.54, 1.807) is 0 Å². The fraction of sp³-hybridized carbons (Fsp3) is 0.867. The molecule has 0 N–H and O–H groups in total. The molecule has 0 aliphatic heterocycles. The minimum atomic E-state index is -0.265. The Morgan fingerprint density at radius 1 is 1.22 bits per heavy atom. The molecule has 4 saturated carbocycles. The number of hydrogen-bond donors (Lipinski definition) is 0. The van der Waals surface area contributed by atoms with Gasteiger partial charge in [-0.1, -0.05) is 0 Å². The second-order valence-electron chi connectivity index (χ2n) is 6.55. The van der Waals surface area contributed by atoms with Crippen LogP contribution in [0.2, 0.25) is 0 Å². The van der Waals surface area contributed by atoms with Crippen molar-refractivity contribution in [2.45, 2.75) is 39.0 Å². The van der Waals surface area contributed by atoms with E-state index in [1.807, 2.05) is 0 Å². The molecule has 4 aliphatic carbocycles. The van der Waals surface area contributed by atoms with Crippen LogP contribution in [0.15, 0.2) is 0 Å². The summed E-state index contributed by atoms with van der Waals surface area (Å²) in [7, 11) is 0. The Kier molecular flexibility index (Phi) is 3.05. The van der Waals surface area contributed by atoms with E-state index in [1.165, 1.54) is 39.0 Å². The van der Waals surface area contributed by atoms with E-state index < -0.39 is 0 Å². The van der Waals surface area contributed by atoms with E-state index in [0.717, 1.165) is 23.7 Å². The lowest BCUT2D eigenvalue weighted by molar-refractivity contribution is -0.144. The minimum Gasteiger partial charge on any atom is -0.464 e. The topological polar surface area (TPSA) is 50.1 Å². The van der Waals surface area contributed by atoms with Gasteiger partial charge in [-0.25, -0.2) is 0 Å². The molecule has 0 aromatic heterocycles. The largest absolute Gasteiger partial charge is 0.464 e. The van der Waals surface area contributed by atoms with Gasteiger partial charge in [-0.2, -0.15) is 5.26 Å². The van der Waals surface area contributed by atoms with Crippen molar-refractivity contribution in [3.8, 4) is 6.07 Å². The smallest absolute Gasteiger partial charge is 0.302 e. The quantitative estimate of drug-likeness (QED) is 0.720. The molecule has 0 radical (unpaired) electrons. The summed E-state index contributed by atoms with van der Waals surface area (Å²) >= 11 is 0. The predicted octanol–water partition coefficient (Wildman–Crippen LogP) is 2.76. The number of esters is 1. The molecule has 0 aromatic carbocycles. The Bertz CT molecular complexity index is 356. The average Bonchev–Trinajstić information content (AvgIpc) is 2.31. The number of carbonyl (C=O) groups is 1. The number of carbonyl (C=O) groups excluding carboxylic acids is 1. The molecule has 0 spiro atoms. The van der Waals surface area contributed by atoms with Crippen LogP contribution in [0.4, 0.5) is 0 Å². The zero-order chi connectivity index (χ0) is 12.7. The average molecular weight is 247 g/mol. The highest BCUT2D eigenvalue weighted by Crippen LogP contribution is 2.58. The van der Waals surface area contributed by atoms with Gasteiger partial charge in [0.2, 0.25) is 0 Å². The molecule has 0 saturated heterocycles. The first-order chi connectivity index (χ1) is 8.67. The van der Waals surface area contributed by atoms with E-state index in [-0.39, 0.29) is 11.9 Å². The van der Waals surface area contributed by atoms with Crippen LogP contribution in [0.5, 0.6) is 0 Å². The SMILES string of the molecule is CC(=O)OCC(C#N)C1C2CC3CC(C2)CC1C3. The summed E-state index contributed by atoms with van der Waals surface area (Å²) in [5, 5.41) is 9.38. The molecule has 0 amide bonds. The van der Waals surface area contributed by atoms with Gasteiger partial charge in [0.05, 0.1) is 12.0 Å². The first-order valence-corrected chi connectivity index (χ1v) is 7.20. The normalized spacial score (nSPS) is 42.3. The van der Waals surface area contributed by atoms with Crippen molar-refractivity contribution >= 4 is 5.97 Å². The minimum absolute atomic E-state index is 0.0797. The van der Waals surface area contributed by atoms with Crippen LogP contribution in [0.1, 0.15) is 39.0 Å². The first-order valence-electron chi connectivity index (χ1n) is 7.20. The third kappa shape index (κ3) is 2.02. The van der Waals surface area contributed by atoms with Crippen molar-refractivity contribution in [2.75, 3.05) is 6.61 Å². The van der Waals surface area contributed by atoms with Crippen LogP contribution < -0.4 is 0 Å². The second kappa shape index (κ2) is 4.57. The molecule has 98 valence electrons. The van der Waals surface area contributed by atoms with Crippen molar-refractivity contribution in [3.63, 3.8) is 0 Å². The van der Waals surface area contributed by atoms with Crippen molar-refractivity contribution < 1.29 is 9.53 Å². The Hall–Kier alpha value is -1.04. The maximum atomic E-state index is 10.9. The number of rotatable bonds is 3. The summed E-state index contributed by atoms with van der Waals surface area (Å²) in [6.45, 7) is 1.73. The van der Waals surface area contributed by atoms with Crippen LogP contribution in [0, 0.1) is 46.8 Å². The highest BCUT2D eigenvalue weighted by molar-refractivity contribution is 5.65. The van der Waals surface area contributed by atoms with Crippen molar-refractivity contribution in [3.05, 3.63) is 0 Å². The lowest BCUT2D eigenvalue weighted by Gasteiger charge is -2.55. The third-order valence-corrected chi connectivity index (χ3v) is 5.40.